The molecule has 0 spiro atoms. The first-order valence-electron chi connectivity index (χ1n) is 5.64. The van der Waals surface area contributed by atoms with Gasteiger partial charge >= 0.3 is 0 Å². The van der Waals surface area contributed by atoms with Crippen LogP contribution in [0.25, 0.3) is 0 Å². The van der Waals surface area contributed by atoms with Gasteiger partial charge in [-0.15, -0.1) is 0 Å². The fourth-order valence-electron chi connectivity index (χ4n) is 1.70. The Hall–Kier alpha value is -2.01. The molecule has 0 bridgehead atoms. The van der Waals surface area contributed by atoms with Crippen molar-refractivity contribution in [1.82, 2.24) is 0 Å². The molecule has 0 fully saturated rings. The SMILES string of the molecule is NC(=S)c1ccccc1NCc1ccc(F)c(F)c1. The minimum absolute atomic E-state index is 0.286. The molecule has 5 heteroatoms. The van der Waals surface area contributed by atoms with Crippen LogP contribution in [0.5, 0.6) is 0 Å². The number of rotatable bonds is 4. The monoisotopic (exact) mass is 278 g/mol. The molecule has 3 N–H and O–H groups in total. The molecule has 98 valence electrons. The molecule has 0 amide bonds. The second-order valence-electron chi connectivity index (χ2n) is 4.01. The summed E-state index contributed by atoms with van der Waals surface area (Å²) in [5, 5.41) is 3.10. The summed E-state index contributed by atoms with van der Waals surface area (Å²) < 4.78 is 25.9. The number of hydrogen-bond donors (Lipinski definition) is 2. The summed E-state index contributed by atoms with van der Waals surface area (Å²) in [5.41, 5.74) is 7.73. The summed E-state index contributed by atoms with van der Waals surface area (Å²) in [7, 11) is 0. The first kappa shape index (κ1) is 13.4. The predicted molar refractivity (Wildman–Crippen MR) is 76.0 cm³/mol. The maximum Gasteiger partial charge on any atom is 0.159 e. The van der Waals surface area contributed by atoms with Crippen molar-refractivity contribution in [3.63, 3.8) is 0 Å². The van der Waals surface area contributed by atoms with Gasteiger partial charge in [0.2, 0.25) is 0 Å². The molecule has 0 radical (unpaired) electrons. The van der Waals surface area contributed by atoms with Gasteiger partial charge in [-0.2, -0.15) is 0 Å². The summed E-state index contributed by atoms with van der Waals surface area (Å²) in [4.78, 5) is 0.286. The highest BCUT2D eigenvalue weighted by Crippen LogP contribution is 2.16. The average Bonchev–Trinajstić information content (AvgIpc) is 2.40. The maximum atomic E-state index is 13.1. The molecule has 0 atom stereocenters. The van der Waals surface area contributed by atoms with Gasteiger partial charge in [0, 0.05) is 17.8 Å². The van der Waals surface area contributed by atoms with E-state index in [9.17, 15) is 8.78 Å². The number of halogens is 2. The molecule has 19 heavy (non-hydrogen) atoms. The highest BCUT2D eigenvalue weighted by atomic mass is 32.1. The summed E-state index contributed by atoms with van der Waals surface area (Å²) >= 11 is 4.95. The number of nitrogens with two attached hydrogens (primary N) is 1. The molecule has 0 aromatic heterocycles. The van der Waals surface area contributed by atoms with Crippen LogP contribution < -0.4 is 11.1 Å². The van der Waals surface area contributed by atoms with Gasteiger partial charge in [0.05, 0.1) is 0 Å². The van der Waals surface area contributed by atoms with Crippen LogP contribution >= 0.6 is 12.2 Å². The summed E-state index contributed by atoms with van der Waals surface area (Å²) in [6, 6.07) is 11.1. The second-order valence-corrected chi connectivity index (χ2v) is 4.45. The van der Waals surface area contributed by atoms with Crippen LogP contribution in [0.3, 0.4) is 0 Å². The van der Waals surface area contributed by atoms with E-state index in [0.29, 0.717) is 12.1 Å². The molecule has 0 saturated heterocycles. The number of nitrogens with one attached hydrogen (secondary N) is 1. The van der Waals surface area contributed by atoms with Crippen molar-refractivity contribution in [3.8, 4) is 0 Å². The van der Waals surface area contributed by atoms with Crippen LogP contribution in [0.1, 0.15) is 11.1 Å². The molecule has 0 aliphatic heterocycles. The summed E-state index contributed by atoms with van der Waals surface area (Å²) in [5.74, 6) is -1.71. The van der Waals surface area contributed by atoms with Crippen molar-refractivity contribution >= 4 is 22.9 Å². The fraction of sp³-hybridized carbons (Fsp3) is 0.0714. The lowest BCUT2D eigenvalue weighted by atomic mass is 10.1. The van der Waals surface area contributed by atoms with Crippen LogP contribution in [0.2, 0.25) is 0 Å². The molecule has 0 aliphatic rings. The summed E-state index contributed by atoms with van der Waals surface area (Å²) in [6.07, 6.45) is 0. The highest BCUT2D eigenvalue weighted by Gasteiger charge is 2.05. The Morgan fingerprint density at radius 2 is 1.84 bits per heavy atom. The van der Waals surface area contributed by atoms with Gasteiger partial charge in [-0.25, -0.2) is 8.78 Å². The maximum absolute atomic E-state index is 13.1. The van der Waals surface area contributed by atoms with Crippen molar-refractivity contribution in [2.24, 2.45) is 5.73 Å². The number of thiocarbonyl (C=S) groups is 1. The molecule has 0 heterocycles. The van der Waals surface area contributed by atoms with Gasteiger partial charge in [-0.05, 0) is 29.8 Å². The van der Waals surface area contributed by atoms with E-state index in [1.54, 1.807) is 6.07 Å². The lowest BCUT2D eigenvalue weighted by Crippen LogP contribution is -2.13. The quantitative estimate of drug-likeness (QED) is 0.843. The lowest BCUT2D eigenvalue weighted by molar-refractivity contribution is 0.507. The van der Waals surface area contributed by atoms with Crippen molar-refractivity contribution in [1.29, 1.82) is 0 Å². The smallest absolute Gasteiger partial charge is 0.159 e. The third-order valence-corrected chi connectivity index (χ3v) is 2.88. The number of anilines is 1. The van der Waals surface area contributed by atoms with E-state index < -0.39 is 11.6 Å². The van der Waals surface area contributed by atoms with Crippen LogP contribution in [0.15, 0.2) is 42.5 Å². The van der Waals surface area contributed by atoms with Gasteiger partial charge in [0.25, 0.3) is 0 Å². The van der Waals surface area contributed by atoms with Crippen LogP contribution in [-0.2, 0) is 6.54 Å². The zero-order valence-electron chi connectivity index (χ0n) is 9.99. The lowest BCUT2D eigenvalue weighted by Gasteiger charge is -2.11. The Morgan fingerprint density at radius 1 is 1.11 bits per heavy atom. The van der Waals surface area contributed by atoms with Crippen LogP contribution in [-0.4, -0.2) is 4.99 Å². The molecule has 0 aliphatic carbocycles. The minimum atomic E-state index is -0.859. The van der Waals surface area contributed by atoms with E-state index >= 15 is 0 Å². The minimum Gasteiger partial charge on any atom is -0.389 e. The van der Waals surface area contributed by atoms with E-state index in [1.165, 1.54) is 6.07 Å². The van der Waals surface area contributed by atoms with Crippen molar-refractivity contribution in [2.75, 3.05) is 5.32 Å². The Labute approximate surface area is 115 Å². The van der Waals surface area contributed by atoms with Crippen LogP contribution in [0.4, 0.5) is 14.5 Å². The Morgan fingerprint density at radius 3 is 2.53 bits per heavy atom. The first-order chi connectivity index (χ1) is 9.08. The molecular weight excluding hydrogens is 266 g/mol. The topological polar surface area (TPSA) is 38.0 Å². The van der Waals surface area contributed by atoms with Crippen molar-refractivity contribution in [3.05, 3.63) is 65.2 Å². The van der Waals surface area contributed by atoms with Crippen LogP contribution in [0, 0.1) is 11.6 Å². The van der Waals surface area contributed by atoms with Gasteiger partial charge < -0.3 is 11.1 Å². The molecule has 2 aromatic carbocycles. The molecule has 2 nitrogen and oxygen atoms in total. The third kappa shape index (κ3) is 3.26. The van der Waals surface area contributed by atoms with E-state index in [4.69, 9.17) is 18.0 Å². The normalized spacial score (nSPS) is 10.2. The van der Waals surface area contributed by atoms with Crippen molar-refractivity contribution in [2.45, 2.75) is 6.54 Å². The molecule has 0 unspecified atom stereocenters. The van der Waals surface area contributed by atoms with E-state index in [2.05, 4.69) is 5.32 Å². The Bertz CT molecular complexity index is 614. The van der Waals surface area contributed by atoms with Gasteiger partial charge in [0.1, 0.15) is 4.99 Å². The zero-order valence-corrected chi connectivity index (χ0v) is 10.8. The standard InChI is InChI=1S/C14H12F2N2S/c15-11-6-5-9(7-12(11)16)8-18-13-4-2-1-3-10(13)14(17)19/h1-7,18H,8H2,(H2,17,19). The molecule has 2 aromatic rings. The molecule has 2 rings (SSSR count). The van der Waals surface area contributed by atoms with E-state index in [-0.39, 0.29) is 4.99 Å². The van der Waals surface area contributed by atoms with Gasteiger partial charge in [-0.3, -0.25) is 0 Å². The first-order valence-corrected chi connectivity index (χ1v) is 6.05. The molecular formula is C14H12F2N2S. The van der Waals surface area contributed by atoms with Crippen molar-refractivity contribution < 1.29 is 8.78 Å². The van der Waals surface area contributed by atoms with E-state index in [1.807, 2.05) is 18.2 Å². The largest absolute Gasteiger partial charge is 0.389 e. The zero-order chi connectivity index (χ0) is 13.8. The number of para-hydroxylation sites is 1. The predicted octanol–water partition coefficient (Wildman–Crippen LogP) is 3.21. The summed E-state index contributed by atoms with van der Waals surface area (Å²) in [6.45, 7) is 0.358. The molecule has 0 saturated carbocycles. The number of benzene rings is 2. The van der Waals surface area contributed by atoms with E-state index in [0.717, 1.165) is 23.4 Å². The highest BCUT2D eigenvalue weighted by molar-refractivity contribution is 7.80. The second kappa shape index (κ2) is 5.75. The van der Waals surface area contributed by atoms with Gasteiger partial charge in [0.15, 0.2) is 11.6 Å². The van der Waals surface area contributed by atoms with Gasteiger partial charge in [-0.1, -0.05) is 30.4 Å². The Kier molecular flexibility index (Phi) is 4.06. The fourth-order valence-corrected chi connectivity index (χ4v) is 1.88. The Balaban J connectivity index is 2.14. The number of hydrogen-bond acceptors (Lipinski definition) is 2. The average molecular weight is 278 g/mol. The third-order valence-electron chi connectivity index (χ3n) is 2.66.